The van der Waals surface area contributed by atoms with Gasteiger partial charge in [0.15, 0.2) is 0 Å². The molecule has 182 valence electrons. The fraction of sp³-hybridized carbons (Fsp3) is 0.536. The normalized spacial score (nSPS) is 12.2. The number of furan rings is 1. The minimum absolute atomic E-state index is 0.113. The second kappa shape index (κ2) is 12.0. The summed E-state index contributed by atoms with van der Waals surface area (Å²) in [5.41, 5.74) is 0.694. The quantitative estimate of drug-likeness (QED) is 0.264. The first kappa shape index (κ1) is 26.6. The lowest BCUT2D eigenvalue weighted by Crippen LogP contribution is -2.28. The number of amides is 1. The average molecular weight is 456 g/mol. The number of unbranched alkanes of at least 4 members (excludes halogenated alkanes) is 1. The Labute approximate surface area is 199 Å². The van der Waals surface area contributed by atoms with Crippen LogP contribution in [0.5, 0.6) is 11.5 Å². The van der Waals surface area contributed by atoms with Crippen LogP contribution in [0.4, 0.5) is 0 Å². The number of hydrogen-bond acceptors (Lipinski definition) is 4. The highest BCUT2D eigenvalue weighted by atomic mass is 16.5. The number of nitrogens with one attached hydrogen (secondary N) is 1. The lowest BCUT2D eigenvalue weighted by molar-refractivity contribution is -0.116. The highest BCUT2D eigenvalue weighted by molar-refractivity contribution is 5.91. The molecule has 0 atom stereocenters. The standard InChI is InChI=1S/C28H41NO4/c1-8-27(4,5)32-24-16-14-22(25(20-24)33-28(6,7)9-2)12-10-11-19-29-26(30)18-17-23-15-13-21(3)31-23/h13-18,20H,8-12,19H2,1-7H3,(H,29,30). The summed E-state index contributed by atoms with van der Waals surface area (Å²) in [4.78, 5) is 12.0. The molecule has 1 N–H and O–H groups in total. The van der Waals surface area contributed by atoms with Crippen LogP contribution < -0.4 is 14.8 Å². The Morgan fingerprint density at radius 3 is 2.33 bits per heavy atom. The largest absolute Gasteiger partial charge is 0.488 e. The Morgan fingerprint density at radius 2 is 1.70 bits per heavy atom. The molecule has 1 amide bonds. The fourth-order valence-electron chi connectivity index (χ4n) is 3.07. The van der Waals surface area contributed by atoms with E-state index in [1.807, 2.05) is 31.2 Å². The molecule has 0 spiro atoms. The molecule has 0 aliphatic carbocycles. The minimum atomic E-state index is -0.250. The van der Waals surface area contributed by atoms with Crippen LogP contribution in [0, 0.1) is 6.92 Å². The zero-order valence-corrected chi connectivity index (χ0v) is 21.4. The van der Waals surface area contributed by atoms with Crippen molar-refractivity contribution in [1.29, 1.82) is 0 Å². The lowest BCUT2D eigenvalue weighted by Gasteiger charge is -2.29. The Morgan fingerprint density at radius 1 is 1.00 bits per heavy atom. The molecule has 2 rings (SSSR count). The van der Waals surface area contributed by atoms with E-state index in [1.165, 1.54) is 6.08 Å². The molecule has 0 unspecified atom stereocenters. The summed E-state index contributed by atoms with van der Waals surface area (Å²) < 4.78 is 18.0. The molecule has 0 aliphatic rings. The van der Waals surface area contributed by atoms with E-state index in [2.05, 4.69) is 52.9 Å². The number of carbonyl (C=O) groups excluding carboxylic acids is 1. The summed E-state index contributed by atoms with van der Waals surface area (Å²) in [6.07, 6.45) is 7.74. The summed E-state index contributed by atoms with van der Waals surface area (Å²) in [6.45, 7) is 15.2. The zero-order valence-electron chi connectivity index (χ0n) is 21.4. The number of benzene rings is 1. The van der Waals surface area contributed by atoms with E-state index in [0.29, 0.717) is 12.3 Å². The molecule has 0 saturated carbocycles. The third-order valence-corrected chi connectivity index (χ3v) is 5.85. The Bertz CT molecular complexity index is 924. The summed E-state index contributed by atoms with van der Waals surface area (Å²) in [5, 5.41) is 2.93. The topological polar surface area (TPSA) is 60.7 Å². The van der Waals surface area contributed by atoms with Gasteiger partial charge in [0.2, 0.25) is 5.91 Å². The Hall–Kier alpha value is -2.69. The molecule has 0 aliphatic heterocycles. The maximum atomic E-state index is 12.0. The predicted octanol–water partition coefficient (Wildman–Crippen LogP) is 6.88. The summed E-state index contributed by atoms with van der Waals surface area (Å²) >= 11 is 0. The van der Waals surface area contributed by atoms with Gasteiger partial charge in [0.25, 0.3) is 0 Å². The lowest BCUT2D eigenvalue weighted by atomic mass is 10.0. The second-order valence-corrected chi connectivity index (χ2v) is 9.73. The molecular formula is C28H41NO4. The molecule has 33 heavy (non-hydrogen) atoms. The molecule has 1 heterocycles. The van der Waals surface area contributed by atoms with Crippen molar-refractivity contribution in [3.8, 4) is 11.5 Å². The van der Waals surface area contributed by atoms with Gasteiger partial charge in [0.05, 0.1) is 0 Å². The van der Waals surface area contributed by atoms with E-state index in [4.69, 9.17) is 13.9 Å². The van der Waals surface area contributed by atoms with E-state index in [-0.39, 0.29) is 17.1 Å². The molecule has 5 nitrogen and oxygen atoms in total. The van der Waals surface area contributed by atoms with Crippen LogP contribution in [-0.2, 0) is 11.2 Å². The number of hydrogen-bond donors (Lipinski definition) is 1. The third-order valence-electron chi connectivity index (χ3n) is 5.85. The molecular weight excluding hydrogens is 414 g/mol. The van der Waals surface area contributed by atoms with Crippen molar-refractivity contribution in [2.75, 3.05) is 6.54 Å². The van der Waals surface area contributed by atoms with Crippen LogP contribution in [0.25, 0.3) is 6.08 Å². The first-order valence-corrected chi connectivity index (χ1v) is 12.1. The van der Waals surface area contributed by atoms with Crippen LogP contribution in [0.15, 0.2) is 40.8 Å². The van der Waals surface area contributed by atoms with Gasteiger partial charge >= 0.3 is 0 Å². The molecule has 5 heteroatoms. The maximum Gasteiger partial charge on any atom is 0.244 e. The number of aryl methyl sites for hydroxylation is 2. The van der Waals surface area contributed by atoms with Crippen molar-refractivity contribution in [2.24, 2.45) is 0 Å². The van der Waals surface area contributed by atoms with E-state index < -0.39 is 0 Å². The van der Waals surface area contributed by atoms with Gasteiger partial charge in [-0.3, -0.25) is 4.79 Å². The number of carbonyl (C=O) groups is 1. The van der Waals surface area contributed by atoms with Gasteiger partial charge in [0, 0.05) is 18.7 Å². The fourth-order valence-corrected chi connectivity index (χ4v) is 3.07. The van der Waals surface area contributed by atoms with E-state index >= 15 is 0 Å². The van der Waals surface area contributed by atoms with Crippen LogP contribution in [-0.4, -0.2) is 23.7 Å². The van der Waals surface area contributed by atoms with Crippen LogP contribution in [0.1, 0.15) is 84.3 Å². The highest BCUT2D eigenvalue weighted by Gasteiger charge is 2.21. The van der Waals surface area contributed by atoms with Crippen LogP contribution in [0.3, 0.4) is 0 Å². The second-order valence-electron chi connectivity index (χ2n) is 9.73. The number of rotatable bonds is 13. The summed E-state index contributed by atoms with van der Waals surface area (Å²) in [7, 11) is 0. The van der Waals surface area contributed by atoms with E-state index in [1.54, 1.807) is 6.08 Å². The minimum Gasteiger partial charge on any atom is -0.488 e. The summed E-state index contributed by atoms with van der Waals surface area (Å²) in [5.74, 6) is 3.11. The average Bonchev–Trinajstić information content (AvgIpc) is 3.18. The van der Waals surface area contributed by atoms with Crippen molar-refractivity contribution in [2.45, 2.75) is 91.8 Å². The highest BCUT2D eigenvalue weighted by Crippen LogP contribution is 2.32. The van der Waals surface area contributed by atoms with Crippen molar-refractivity contribution in [3.63, 3.8) is 0 Å². The van der Waals surface area contributed by atoms with Gasteiger partial charge in [-0.25, -0.2) is 0 Å². The van der Waals surface area contributed by atoms with Crippen molar-refractivity contribution in [1.82, 2.24) is 5.32 Å². The predicted molar refractivity (Wildman–Crippen MR) is 135 cm³/mol. The third kappa shape index (κ3) is 9.37. The van der Waals surface area contributed by atoms with Gasteiger partial charge < -0.3 is 19.2 Å². The number of ether oxygens (including phenoxy) is 2. The smallest absolute Gasteiger partial charge is 0.244 e. The molecule has 0 radical (unpaired) electrons. The first-order valence-electron chi connectivity index (χ1n) is 12.1. The molecule has 1 aromatic heterocycles. The van der Waals surface area contributed by atoms with Gasteiger partial charge in [-0.05, 0) is 96.6 Å². The molecule has 0 saturated heterocycles. The monoisotopic (exact) mass is 455 g/mol. The maximum absolute atomic E-state index is 12.0. The molecule has 1 aromatic carbocycles. The first-order chi connectivity index (χ1) is 15.5. The Kier molecular flexibility index (Phi) is 9.63. The van der Waals surface area contributed by atoms with Crippen molar-refractivity contribution < 1.29 is 18.7 Å². The zero-order chi connectivity index (χ0) is 24.5. The molecule has 0 bridgehead atoms. The summed E-state index contributed by atoms with van der Waals surface area (Å²) in [6, 6.07) is 9.88. The van der Waals surface area contributed by atoms with E-state index in [0.717, 1.165) is 54.9 Å². The molecule has 0 fully saturated rings. The van der Waals surface area contributed by atoms with Gasteiger partial charge in [-0.15, -0.1) is 0 Å². The SMILES string of the molecule is CCC(C)(C)Oc1ccc(CCCCNC(=O)C=Cc2ccc(C)o2)c(OC(C)(C)CC)c1. The Balaban J connectivity index is 1.91. The van der Waals surface area contributed by atoms with Gasteiger partial charge in [0.1, 0.15) is 34.2 Å². The van der Waals surface area contributed by atoms with Crippen molar-refractivity contribution in [3.05, 3.63) is 53.5 Å². The molecule has 2 aromatic rings. The van der Waals surface area contributed by atoms with Crippen LogP contribution >= 0.6 is 0 Å². The van der Waals surface area contributed by atoms with Crippen molar-refractivity contribution >= 4 is 12.0 Å². The van der Waals surface area contributed by atoms with Crippen LogP contribution in [0.2, 0.25) is 0 Å². The van der Waals surface area contributed by atoms with E-state index in [9.17, 15) is 4.79 Å². The van der Waals surface area contributed by atoms with Gasteiger partial charge in [-0.1, -0.05) is 19.9 Å². The van der Waals surface area contributed by atoms with Gasteiger partial charge in [-0.2, -0.15) is 0 Å².